The Labute approximate surface area is 172 Å². The SMILES string of the molecule is CCCc1cc(C(=O)N2CCC[C@H]2c2cc(N3CCN(C)CC3)cc(C)n2)no1. The van der Waals surface area contributed by atoms with Gasteiger partial charge in [-0.25, -0.2) is 0 Å². The number of aryl methyl sites for hydroxylation is 2. The predicted octanol–water partition coefficient (Wildman–Crippen LogP) is 3.06. The van der Waals surface area contributed by atoms with Crippen LogP contribution in [0.5, 0.6) is 0 Å². The largest absolute Gasteiger partial charge is 0.369 e. The molecule has 1 amide bonds. The summed E-state index contributed by atoms with van der Waals surface area (Å²) in [6.07, 6.45) is 3.69. The molecule has 4 heterocycles. The highest BCUT2D eigenvalue weighted by Gasteiger charge is 2.33. The quantitative estimate of drug-likeness (QED) is 0.773. The van der Waals surface area contributed by atoms with Crippen LogP contribution in [0.1, 0.15) is 59.9 Å². The first-order chi connectivity index (χ1) is 14.0. The third-order valence-corrected chi connectivity index (χ3v) is 5.96. The van der Waals surface area contributed by atoms with Crippen LogP contribution in [0.3, 0.4) is 0 Å². The van der Waals surface area contributed by atoms with Crippen molar-refractivity contribution in [2.24, 2.45) is 0 Å². The van der Waals surface area contributed by atoms with Gasteiger partial charge in [0.25, 0.3) is 5.91 Å². The Hall–Kier alpha value is -2.41. The summed E-state index contributed by atoms with van der Waals surface area (Å²) in [6.45, 7) is 9.03. The van der Waals surface area contributed by atoms with Gasteiger partial charge in [-0.3, -0.25) is 9.78 Å². The van der Waals surface area contributed by atoms with Gasteiger partial charge in [0, 0.05) is 56.6 Å². The molecule has 1 atom stereocenters. The van der Waals surface area contributed by atoms with Crippen LogP contribution in [0.25, 0.3) is 0 Å². The lowest BCUT2D eigenvalue weighted by atomic mass is 10.1. The molecule has 0 radical (unpaired) electrons. The Bertz CT molecular complexity index is 857. The molecule has 0 spiro atoms. The van der Waals surface area contributed by atoms with Crippen LogP contribution >= 0.6 is 0 Å². The summed E-state index contributed by atoms with van der Waals surface area (Å²) >= 11 is 0. The molecule has 4 rings (SSSR count). The van der Waals surface area contributed by atoms with Crippen LogP contribution in [0, 0.1) is 6.92 Å². The number of hydrogen-bond donors (Lipinski definition) is 0. The highest BCUT2D eigenvalue weighted by Crippen LogP contribution is 2.34. The molecular weight excluding hydrogens is 366 g/mol. The van der Waals surface area contributed by atoms with Crippen molar-refractivity contribution in [1.82, 2.24) is 19.9 Å². The second-order valence-corrected chi connectivity index (χ2v) is 8.27. The van der Waals surface area contributed by atoms with E-state index in [9.17, 15) is 4.79 Å². The number of piperazine rings is 1. The molecule has 2 aliphatic rings. The minimum atomic E-state index is -0.0527. The fourth-order valence-electron chi connectivity index (χ4n) is 4.34. The number of hydrogen-bond acceptors (Lipinski definition) is 6. The molecule has 156 valence electrons. The smallest absolute Gasteiger partial charge is 0.276 e. The van der Waals surface area contributed by atoms with Gasteiger partial charge in [-0.15, -0.1) is 0 Å². The number of aromatic nitrogens is 2. The standard InChI is InChI=1S/C22H31N5O2/c1-4-6-18-15-20(24-29-18)22(28)27-8-5-7-21(27)19-14-17(13-16(2)23-19)26-11-9-25(3)10-12-26/h13-15,21H,4-12H2,1-3H3/t21-/m0/s1. The summed E-state index contributed by atoms with van der Waals surface area (Å²) in [4.78, 5) is 24.6. The molecular formula is C22H31N5O2. The van der Waals surface area contributed by atoms with E-state index in [0.717, 1.165) is 75.6 Å². The highest BCUT2D eigenvalue weighted by molar-refractivity contribution is 5.92. The van der Waals surface area contributed by atoms with E-state index in [1.54, 1.807) is 6.07 Å². The topological polar surface area (TPSA) is 65.7 Å². The maximum atomic E-state index is 13.1. The molecule has 7 heteroatoms. The van der Waals surface area contributed by atoms with Crippen molar-refractivity contribution in [3.8, 4) is 0 Å². The zero-order chi connectivity index (χ0) is 20.4. The number of amides is 1. The summed E-state index contributed by atoms with van der Waals surface area (Å²) in [7, 11) is 2.17. The zero-order valence-electron chi connectivity index (χ0n) is 17.7. The summed E-state index contributed by atoms with van der Waals surface area (Å²) in [5.41, 5.74) is 3.61. The number of likely N-dealkylation sites (tertiary alicyclic amines) is 1. The van der Waals surface area contributed by atoms with E-state index in [1.165, 1.54) is 5.69 Å². The molecule has 2 fully saturated rings. The Morgan fingerprint density at radius 3 is 2.72 bits per heavy atom. The number of rotatable bonds is 5. The van der Waals surface area contributed by atoms with Crippen molar-refractivity contribution >= 4 is 11.6 Å². The van der Waals surface area contributed by atoms with Gasteiger partial charge in [0.15, 0.2) is 5.69 Å². The van der Waals surface area contributed by atoms with Gasteiger partial charge in [-0.05, 0) is 45.4 Å². The van der Waals surface area contributed by atoms with Crippen molar-refractivity contribution < 1.29 is 9.32 Å². The second kappa shape index (κ2) is 8.53. The zero-order valence-corrected chi connectivity index (χ0v) is 17.7. The molecule has 29 heavy (non-hydrogen) atoms. The molecule has 0 aliphatic carbocycles. The molecule has 2 saturated heterocycles. The molecule has 0 bridgehead atoms. The van der Waals surface area contributed by atoms with Crippen molar-refractivity contribution in [3.05, 3.63) is 41.0 Å². The van der Waals surface area contributed by atoms with Gasteiger partial charge in [-0.1, -0.05) is 12.1 Å². The first kappa shape index (κ1) is 19.9. The Kier molecular flexibility index (Phi) is 5.85. The Morgan fingerprint density at radius 1 is 1.17 bits per heavy atom. The van der Waals surface area contributed by atoms with Crippen LogP contribution in [0.2, 0.25) is 0 Å². The molecule has 0 saturated carbocycles. The molecule has 0 aromatic carbocycles. The van der Waals surface area contributed by atoms with Gasteiger partial charge in [0.05, 0.1) is 11.7 Å². The lowest BCUT2D eigenvalue weighted by Gasteiger charge is -2.34. The molecule has 7 nitrogen and oxygen atoms in total. The first-order valence-electron chi connectivity index (χ1n) is 10.7. The number of carbonyl (C=O) groups is 1. The van der Waals surface area contributed by atoms with E-state index < -0.39 is 0 Å². The summed E-state index contributed by atoms with van der Waals surface area (Å²) < 4.78 is 5.33. The fourth-order valence-corrected chi connectivity index (χ4v) is 4.34. The van der Waals surface area contributed by atoms with E-state index in [4.69, 9.17) is 9.51 Å². The van der Waals surface area contributed by atoms with E-state index in [-0.39, 0.29) is 11.9 Å². The number of carbonyl (C=O) groups excluding carboxylic acids is 1. The Balaban J connectivity index is 1.55. The lowest BCUT2D eigenvalue weighted by Crippen LogP contribution is -2.44. The van der Waals surface area contributed by atoms with E-state index in [2.05, 4.69) is 41.1 Å². The van der Waals surface area contributed by atoms with Crippen molar-refractivity contribution in [2.45, 2.75) is 45.6 Å². The predicted molar refractivity (Wildman–Crippen MR) is 112 cm³/mol. The number of anilines is 1. The summed E-state index contributed by atoms with van der Waals surface area (Å²) in [6, 6.07) is 6.13. The number of likely N-dealkylation sites (N-methyl/N-ethyl adjacent to an activating group) is 1. The fraction of sp³-hybridized carbons (Fsp3) is 0.591. The molecule has 0 unspecified atom stereocenters. The van der Waals surface area contributed by atoms with Gasteiger partial charge in [0.1, 0.15) is 5.76 Å². The van der Waals surface area contributed by atoms with Gasteiger partial charge in [0.2, 0.25) is 0 Å². The normalized spacial score (nSPS) is 20.4. The van der Waals surface area contributed by atoms with Crippen molar-refractivity contribution in [3.63, 3.8) is 0 Å². The molecule has 0 N–H and O–H groups in total. The first-order valence-corrected chi connectivity index (χ1v) is 10.7. The van der Waals surface area contributed by atoms with E-state index >= 15 is 0 Å². The van der Waals surface area contributed by atoms with Crippen LogP contribution < -0.4 is 4.90 Å². The van der Waals surface area contributed by atoms with Crippen molar-refractivity contribution in [2.75, 3.05) is 44.7 Å². The van der Waals surface area contributed by atoms with Crippen LogP contribution in [0.4, 0.5) is 5.69 Å². The third-order valence-electron chi connectivity index (χ3n) is 5.96. The molecule has 2 aliphatic heterocycles. The minimum absolute atomic E-state index is 0.0000562. The second-order valence-electron chi connectivity index (χ2n) is 8.27. The summed E-state index contributed by atoms with van der Waals surface area (Å²) in [5, 5.41) is 4.02. The average Bonchev–Trinajstić information content (AvgIpc) is 3.38. The molecule has 2 aromatic rings. The average molecular weight is 398 g/mol. The lowest BCUT2D eigenvalue weighted by molar-refractivity contribution is 0.0722. The van der Waals surface area contributed by atoms with Gasteiger partial charge >= 0.3 is 0 Å². The Morgan fingerprint density at radius 2 is 1.97 bits per heavy atom. The van der Waals surface area contributed by atoms with Crippen LogP contribution in [0.15, 0.2) is 22.7 Å². The third kappa shape index (κ3) is 4.29. The highest BCUT2D eigenvalue weighted by atomic mass is 16.5. The van der Waals surface area contributed by atoms with Crippen LogP contribution in [-0.4, -0.2) is 65.6 Å². The molecule has 2 aromatic heterocycles. The van der Waals surface area contributed by atoms with Crippen molar-refractivity contribution in [1.29, 1.82) is 0 Å². The van der Waals surface area contributed by atoms with Crippen LogP contribution in [-0.2, 0) is 6.42 Å². The monoisotopic (exact) mass is 397 g/mol. The number of pyridine rings is 1. The van der Waals surface area contributed by atoms with E-state index in [0.29, 0.717) is 5.69 Å². The maximum Gasteiger partial charge on any atom is 0.276 e. The maximum absolute atomic E-state index is 13.1. The number of nitrogens with zero attached hydrogens (tertiary/aromatic N) is 5. The summed E-state index contributed by atoms with van der Waals surface area (Å²) in [5.74, 6) is 0.723. The van der Waals surface area contributed by atoms with Gasteiger partial charge in [-0.2, -0.15) is 0 Å². The minimum Gasteiger partial charge on any atom is -0.369 e. The van der Waals surface area contributed by atoms with Gasteiger partial charge < -0.3 is 19.2 Å². The van der Waals surface area contributed by atoms with E-state index in [1.807, 2.05) is 11.8 Å².